The van der Waals surface area contributed by atoms with E-state index in [1.54, 1.807) is 0 Å². The van der Waals surface area contributed by atoms with Crippen LogP contribution in [0.2, 0.25) is 0 Å². The SMILES string of the molecule is P.[H-].[Li+].[S-2].[S-2].[SiH4].[Sn+4]. The summed E-state index contributed by atoms with van der Waals surface area (Å²) in [6.45, 7) is 0. The first-order chi connectivity index (χ1) is 0. The summed E-state index contributed by atoms with van der Waals surface area (Å²) in [5.74, 6) is 0. The molecule has 0 rings (SSSR count). The average Bonchev–Trinajstić information content (AvgIpc) is 0. The summed E-state index contributed by atoms with van der Waals surface area (Å²) in [6, 6.07) is 0. The second-order valence-electron chi connectivity index (χ2n) is 0. The quantitative estimate of drug-likeness (QED) is 0.302. The van der Waals surface area contributed by atoms with Crippen molar-refractivity contribution in [3.8, 4) is 0 Å². The van der Waals surface area contributed by atoms with Crippen LogP contribution in [0.25, 0.3) is 0 Å². The predicted molar refractivity (Wildman–Crippen MR) is 44.0 cm³/mol. The van der Waals surface area contributed by atoms with Crippen LogP contribution >= 0.6 is 9.90 Å². The Hall–Kier alpha value is 2.74. The molecule has 0 aliphatic heterocycles. The summed E-state index contributed by atoms with van der Waals surface area (Å²) < 4.78 is 0. The second kappa shape index (κ2) is 46.8. The molecule has 0 aromatic heterocycles. The van der Waals surface area contributed by atoms with Crippen LogP contribution in [0, 0.1) is 0 Å². The van der Waals surface area contributed by atoms with Gasteiger partial charge < -0.3 is 28.4 Å². The number of hydrogen-bond donors (Lipinski definition) is 0. The van der Waals surface area contributed by atoms with Gasteiger partial charge in [0.25, 0.3) is 0 Å². The van der Waals surface area contributed by atoms with Crippen molar-refractivity contribution in [2.24, 2.45) is 0 Å². The van der Waals surface area contributed by atoms with E-state index in [0.29, 0.717) is 0 Å². The molecule has 0 heterocycles. The maximum atomic E-state index is 0. The van der Waals surface area contributed by atoms with Crippen molar-refractivity contribution in [3.63, 3.8) is 0 Å². The molecule has 0 aliphatic carbocycles. The van der Waals surface area contributed by atoms with Crippen LogP contribution in [0.4, 0.5) is 0 Å². The van der Waals surface area contributed by atoms with Crippen molar-refractivity contribution >= 4 is 71.8 Å². The van der Waals surface area contributed by atoms with E-state index in [4.69, 9.17) is 0 Å². The minimum Gasteiger partial charge on any atom is -2.00 e. The van der Waals surface area contributed by atoms with Crippen molar-refractivity contribution in [1.82, 2.24) is 0 Å². The predicted octanol–water partition coefficient (Wildman–Crippen LogP) is -4.66. The third-order valence-corrected chi connectivity index (χ3v) is 0. The molecule has 0 amide bonds. The fraction of sp³-hybridized carbons (Fsp3) is 0. The monoisotopic (exact) mass is 258 g/mol. The van der Waals surface area contributed by atoms with Gasteiger partial charge in [0.1, 0.15) is 0 Å². The topological polar surface area (TPSA) is 0 Å². The normalized spacial score (nSPS) is 0. The largest absolute Gasteiger partial charge is 4.00 e. The van der Waals surface area contributed by atoms with Gasteiger partial charge in [0.15, 0.2) is 0 Å². The zero-order valence-electron chi connectivity index (χ0n) is 4.02. The first-order valence-electron chi connectivity index (χ1n) is 0. The van der Waals surface area contributed by atoms with Crippen LogP contribution in [-0.2, 0) is 27.0 Å². The van der Waals surface area contributed by atoms with E-state index in [-0.39, 0.29) is 92.1 Å². The van der Waals surface area contributed by atoms with Gasteiger partial charge in [-0.15, -0.1) is 0 Å². The van der Waals surface area contributed by atoms with E-state index >= 15 is 0 Å². The summed E-state index contributed by atoms with van der Waals surface area (Å²) in [4.78, 5) is 0. The summed E-state index contributed by atoms with van der Waals surface area (Å²) >= 11 is 0. The van der Waals surface area contributed by atoms with Crippen molar-refractivity contribution in [2.45, 2.75) is 0 Å². The molecule has 0 spiro atoms. The number of rotatable bonds is 0. The molecule has 6 heteroatoms. The van der Waals surface area contributed by atoms with E-state index in [1.807, 2.05) is 0 Å². The van der Waals surface area contributed by atoms with E-state index in [1.165, 1.54) is 0 Å². The zero-order valence-corrected chi connectivity index (χ0v) is 8.92. The molecule has 0 N–H and O–H groups in total. The van der Waals surface area contributed by atoms with Gasteiger partial charge in [-0.05, 0) is 11.0 Å². The third-order valence-electron chi connectivity index (χ3n) is 0. The maximum Gasteiger partial charge on any atom is 4.00 e. The summed E-state index contributed by atoms with van der Waals surface area (Å²) in [5.41, 5.74) is 0. The van der Waals surface area contributed by atoms with Crippen molar-refractivity contribution < 1.29 is 20.3 Å². The molecule has 0 saturated carbocycles. The van der Waals surface area contributed by atoms with Gasteiger partial charge >= 0.3 is 42.8 Å². The Morgan fingerprint density at radius 3 is 1.00 bits per heavy atom. The maximum absolute atomic E-state index is 0. The zero-order chi connectivity index (χ0) is 0. The Morgan fingerprint density at radius 1 is 1.00 bits per heavy atom. The second-order valence-corrected chi connectivity index (χ2v) is 0. The minimum atomic E-state index is 0. The van der Waals surface area contributed by atoms with Crippen LogP contribution in [0.3, 0.4) is 0 Å². The molecule has 1 unspecified atom stereocenters. The fourth-order valence-corrected chi connectivity index (χ4v) is 0. The smallest absolute Gasteiger partial charge is 2.00 e. The number of hydrogen-bond acceptors (Lipinski definition) is 0. The molecular weight excluding hydrogens is 249 g/mol. The van der Waals surface area contributed by atoms with E-state index in [2.05, 4.69) is 0 Å². The van der Waals surface area contributed by atoms with Crippen LogP contribution in [0.15, 0.2) is 0 Å². The molecule has 34 valence electrons. The molecule has 0 aromatic carbocycles. The van der Waals surface area contributed by atoms with Gasteiger partial charge in [0.05, 0.1) is 0 Å². The molecule has 1 atom stereocenters. The standard InChI is InChI=1S/Li.H3P.2S.H4Si.Sn.H/h;1H3;;;1H4;;/q+1;;2*-2;;+4;-1. The van der Waals surface area contributed by atoms with Crippen LogP contribution in [-0.4, -0.2) is 34.9 Å². The van der Waals surface area contributed by atoms with E-state index in [9.17, 15) is 0 Å². The molecular formula is H8LiPS2SiSn. The van der Waals surface area contributed by atoms with Gasteiger partial charge in [-0.25, -0.2) is 0 Å². The first-order valence-corrected chi connectivity index (χ1v) is 0. The van der Waals surface area contributed by atoms with Crippen molar-refractivity contribution in [1.29, 1.82) is 0 Å². The minimum absolute atomic E-state index is 0. The average molecular weight is 257 g/mol. The Bertz CT molecular complexity index is 17.7. The molecule has 0 fully saturated rings. The molecule has 0 nitrogen and oxygen atoms in total. The molecule has 0 radical (unpaired) electrons. The fourth-order valence-electron chi connectivity index (χ4n) is 0. The summed E-state index contributed by atoms with van der Waals surface area (Å²) in [6.07, 6.45) is 0. The molecule has 6 heavy (non-hydrogen) atoms. The third kappa shape index (κ3) is 29.6. The molecule has 0 aromatic rings. The van der Waals surface area contributed by atoms with E-state index < -0.39 is 0 Å². The molecule has 0 saturated heterocycles. The van der Waals surface area contributed by atoms with Gasteiger partial charge in [0.2, 0.25) is 0 Å². The molecule has 0 aliphatic rings. The Labute approximate surface area is 91.1 Å². The summed E-state index contributed by atoms with van der Waals surface area (Å²) in [5, 5.41) is 0. The van der Waals surface area contributed by atoms with Gasteiger partial charge in [-0.2, -0.15) is 9.90 Å². The van der Waals surface area contributed by atoms with Crippen LogP contribution in [0.5, 0.6) is 0 Å². The Kier molecular flexibility index (Phi) is 543. The Balaban J connectivity index is 0. The Morgan fingerprint density at radius 2 is 1.00 bits per heavy atom. The van der Waals surface area contributed by atoms with E-state index in [0.717, 1.165) is 0 Å². The summed E-state index contributed by atoms with van der Waals surface area (Å²) in [7, 11) is 0. The van der Waals surface area contributed by atoms with Gasteiger partial charge in [0, 0.05) is 0 Å². The van der Waals surface area contributed by atoms with Gasteiger partial charge in [-0.1, -0.05) is 0 Å². The van der Waals surface area contributed by atoms with Crippen LogP contribution in [0.1, 0.15) is 1.43 Å². The van der Waals surface area contributed by atoms with Crippen molar-refractivity contribution in [3.05, 3.63) is 0 Å². The van der Waals surface area contributed by atoms with Gasteiger partial charge in [-0.3, -0.25) is 0 Å². The van der Waals surface area contributed by atoms with Crippen LogP contribution < -0.4 is 18.9 Å². The van der Waals surface area contributed by atoms with Crippen molar-refractivity contribution in [2.75, 3.05) is 0 Å². The first kappa shape index (κ1) is 69.7. The molecule has 0 bridgehead atoms.